The Morgan fingerprint density at radius 2 is 1.68 bits per heavy atom. The van der Waals surface area contributed by atoms with E-state index in [0.29, 0.717) is 12.8 Å². The van der Waals surface area contributed by atoms with Crippen molar-refractivity contribution < 1.29 is 13.2 Å². The van der Waals surface area contributed by atoms with E-state index >= 15 is 0 Å². The third-order valence-corrected chi connectivity index (χ3v) is 5.21. The minimum atomic E-state index is -3.63. The number of aryl methyl sites for hydroxylation is 1. The van der Waals surface area contributed by atoms with Crippen LogP contribution in [0.4, 0.5) is 0 Å². The molecule has 0 saturated heterocycles. The van der Waals surface area contributed by atoms with Crippen LogP contribution in [-0.4, -0.2) is 20.2 Å². The molecule has 0 unspecified atom stereocenters. The molecular formula is C14H19NO3S. The first-order valence-corrected chi connectivity index (χ1v) is 8.03. The summed E-state index contributed by atoms with van der Waals surface area (Å²) in [5.74, 6) is 0. The molecule has 0 spiro atoms. The highest BCUT2D eigenvalue weighted by Gasteiger charge is 2.36. The van der Waals surface area contributed by atoms with Gasteiger partial charge >= 0.3 is 0 Å². The Bertz CT molecular complexity index is 543. The standard InChI is InChI=1S/C14H19NO3S/c1-12-5-7-13(8-6-12)19(17,18)15-14(11-16)9-3-2-4-10-14/h5-8,11,15H,2-4,9-10H2,1H3. The highest BCUT2D eigenvalue weighted by atomic mass is 32.2. The van der Waals surface area contributed by atoms with E-state index in [-0.39, 0.29) is 4.90 Å². The van der Waals surface area contributed by atoms with Crippen molar-refractivity contribution in [3.8, 4) is 0 Å². The summed E-state index contributed by atoms with van der Waals surface area (Å²) in [7, 11) is -3.63. The molecule has 1 aliphatic rings. The van der Waals surface area contributed by atoms with Crippen LogP contribution in [0.1, 0.15) is 37.7 Å². The molecule has 2 rings (SSSR count). The van der Waals surface area contributed by atoms with Gasteiger partial charge in [0.15, 0.2) is 0 Å². The second kappa shape index (κ2) is 5.43. The second-order valence-electron chi connectivity index (χ2n) is 5.25. The molecule has 0 aliphatic heterocycles. The number of aldehydes is 1. The molecule has 1 N–H and O–H groups in total. The van der Waals surface area contributed by atoms with Crippen LogP contribution in [0.25, 0.3) is 0 Å². The summed E-state index contributed by atoms with van der Waals surface area (Å²) in [6.45, 7) is 1.90. The maximum Gasteiger partial charge on any atom is 0.241 e. The largest absolute Gasteiger partial charge is 0.301 e. The zero-order valence-corrected chi connectivity index (χ0v) is 11.9. The van der Waals surface area contributed by atoms with Crippen molar-refractivity contribution in [3.05, 3.63) is 29.8 Å². The van der Waals surface area contributed by atoms with Gasteiger partial charge in [0.25, 0.3) is 0 Å². The van der Waals surface area contributed by atoms with Crippen molar-refractivity contribution in [2.45, 2.75) is 49.5 Å². The van der Waals surface area contributed by atoms with Gasteiger partial charge in [-0.25, -0.2) is 8.42 Å². The number of hydrogen-bond donors (Lipinski definition) is 1. The van der Waals surface area contributed by atoms with Crippen molar-refractivity contribution in [1.29, 1.82) is 0 Å². The third kappa shape index (κ3) is 3.22. The number of carbonyl (C=O) groups excluding carboxylic acids is 1. The summed E-state index contributed by atoms with van der Waals surface area (Å²) < 4.78 is 27.2. The average Bonchev–Trinajstić information content (AvgIpc) is 2.40. The fourth-order valence-corrected chi connectivity index (χ4v) is 3.87. The van der Waals surface area contributed by atoms with Gasteiger partial charge in [0.05, 0.1) is 10.4 Å². The van der Waals surface area contributed by atoms with E-state index in [9.17, 15) is 13.2 Å². The topological polar surface area (TPSA) is 63.2 Å². The van der Waals surface area contributed by atoms with E-state index in [0.717, 1.165) is 31.1 Å². The first kappa shape index (κ1) is 14.2. The molecule has 1 aromatic rings. The van der Waals surface area contributed by atoms with Crippen LogP contribution in [0.5, 0.6) is 0 Å². The molecule has 1 fully saturated rings. The van der Waals surface area contributed by atoms with E-state index in [1.54, 1.807) is 24.3 Å². The van der Waals surface area contributed by atoms with Crippen LogP contribution >= 0.6 is 0 Å². The van der Waals surface area contributed by atoms with E-state index in [2.05, 4.69) is 4.72 Å². The summed E-state index contributed by atoms with van der Waals surface area (Å²) in [6.07, 6.45) is 4.76. The third-order valence-electron chi connectivity index (χ3n) is 3.64. The molecule has 19 heavy (non-hydrogen) atoms. The maximum absolute atomic E-state index is 12.3. The monoisotopic (exact) mass is 281 g/mol. The molecule has 0 bridgehead atoms. The number of carbonyl (C=O) groups is 1. The van der Waals surface area contributed by atoms with Crippen molar-refractivity contribution in [3.63, 3.8) is 0 Å². The van der Waals surface area contributed by atoms with E-state index in [1.807, 2.05) is 6.92 Å². The molecule has 104 valence electrons. The van der Waals surface area contributed by atoms with Gasteiger partial charge in [0.1, 0.15) is 6.29 Å². The molecule has 1 aliphatic carbocycles. The van der Waals surface area contributed by atoms with Gasteiger partial charge in [-0.15, -0.1) is 0 Å². The molecule has 0 amide bonds. The Kier molecular flexibility index (Phi) is 4.06. The number of sulfonamides is 1. The molecule has 0 heterocycles. The minimum absolute atomic E-state index is 0.213. The lowest BCUT2D eigenvalue weighted by Crippen LogP contribution is -2.50. The molecule has 0 aromatic heterocycles. The molecule has 5 heteroatoms. The van der Waals surface area contributed by atoms with Crippen molar-refractivity contribution >= 4 is 16.3 Å². The first-order chi connectivity index (χ1) is 8.97. The van der Waals surface area contributed by atoms with Crippen LogP contribution in [0, 0.1) is 6.92 Å². The van der Waals surface area contributed by atoms with Crippen LogP contribution in [0.2, 0.25) is 0 Å². The van der Waals surface area contributed by atoms with E-state index in [4.69, 9.17) is 0 Å². The molecule has 0 radical (unpaired) electrons. The lowest BCUT2D eigenvalue weighted by molar-refractivity contribution is -0.113. The molecular weight excluding hydrogens is 262 g/mol. The SMILES string of the molecule is Cc1ccc(S(=O)(=O)NC2(C=O)CCCCC2)cc1. The van der Waals surface area contributed by atoms with Gasteiger partial charge in [0, 0.05) is 0 Å². The van der Waals surface area contributed by atoms with Crippen LogP contribution in [0.15, 0.2) is 29.2 Å². The highest BCUT2D eigenvalue weighted by Crippen LogP contribution is 2.28. The smallest absolute Gasteiger partial charge is 0.241 e. The predicted molar refractivity (Wildman–Crippen MR) is 73.4 cm³/mol. The Labute approximate surface area is 114 Å². The van der Waals surface area contributed by atoms with Crippen molar-refractivity contribution in [2.75, 3.05) is 0 Å². The molecule has 4 nitrogen and oxygen atoms in total. The number of nitrogens with one attached hydrogen (secondary N) is 1. The number of benzene rings is 1. The maximum atomic E-state index is 12.3. The van der Waals surface area contributed by atoms with Crippen molar-refractivity contribution in [1.82, 2.24) is 4.72 Å². The lowest BCUT2D eigenvalue weighted by atomic mass is 9.84. The van der Waals surface area contributed by atoms with Gasteiger partial charge < -0.3 is 4.79 Å². The first-order valence-electron chi connectivity index (χ1n) is 6.54. The Morgan fingerprint density at radius 1 is 1.11 bits per heavy atom. The predicted octanol–water partition coefficient (Wildman–Crippen LogP) is 2.18. The van der Waals surface area contributed by atoms with Crippen LogP contribution in [-0.2, 0) is 14.8 Å². The minimum Gasteiger partial charge on any atom is -0.301 e. The Morgan fingerprint density at radius 3 is 2.21 bits per heavy atom. The van der Waals surface area contributed by atoms with Gasteiger partial charge in [-0.3, -0.25) is 0 Å². The van der Waals surface area contributed by atoms with E-state index in [1.165, 1.54) is 0 Å². The van der Waals surface area contributed by atoms with Crippen LogP contribution in [0.3, 0.4) is 0 Å². The van der Waals surface area contributed by atoms with Gasteiger partial charge in [0.2, 0.25) is 10.0 Å². The van der Waals surface area contributed by atoms with Crippen molar-refractivity contribution in [2.24, 2.45) is 0 Å². The Balaban J connectivity index is 2.24. The van der Waals surface area contributed by atoms with E-state index < -0.39 is 15.6 Å². The molecule has 1 aromatic carbocycles. The summed E-state index contributed by atoms with van der Waals surface area (Å²) in [5, 5.41) is 0. The zero-order chi connectivity index (χ0) is 13.9. The normalized spacial score (nSPS) is 19.0. The average molecular weight is 281 g/mol. The summed E-state index contributed by atoms with van der Waals surface area (Å²) in [5.41, 5.74) is 0.0869. The summed E-state index contributed by atoms with van der Waals surface area (Å²) in [4.78, 5) is 11.5. The summed E-state index contributed by atoms with van der Waals surface area (Å²) in [6, 6.07) is 6.64. The molecule has 0 atom stereocenters. The second-order valence-corrected chi connectivity index (χ2v) is 6.94. The van der Waals surface area contributed by atoms with Gasteiger partial charge in [-0.2, -0.15) is 4.72 Å². The zero-order valence-electron chi connectivity index (χ0n) is 11.1. The van der Waals surface area contributed by atoms with Gasteiger partial charge in [-0.05, 0) is 31.9 Å². The number of rotatable bonds is 4. The number of hydrogen-bond acceptors (Lipinski definition) is 3. The quantitative estimate of drug-likeness (QED) is 0.860. The van der Waals surface area contributed by atoms with Gasteiger partial charge in [-0.1, -0.05) is 37.0 Å². The summed E-state index contributed by atoms with van der Waals surface area (Å²) >= 11 is 0. The molecule has 1 saturated carbocycles. The fourth-order valence-electron chi connectivity index (χ4n) is 2.47. The lowest BCUT2D eigenvalue weighted by Gasteiger charge is -2.32. The van der Waals surface area contributed by atoms with Crippen LogP contribution < -0.4 is 4.72 Å². The Hall–Kier alpha value is -1.20. The highest BCUT2D eigenvalue weighted by molar-refractivity contribution is 7.89. The fraction of sp³-hybridized carbons (Fsp3) is 0.500.